The number of nitrogen functional groups attached to an aromatic ring is 1. The Morgan fingerprint density at radius 1 is 1.25 bits per heavy atom. The molecule has 20 heavy (non-hydrogen) atoms. The molecule has 108 valence electrons. The molecule has 0 saturated carbocycles. The van der Waals surface area contributed by atoms with E-state index in [0.717, 1.165) is 0 Å². The summed E-state index contributed by atoms with van der Waals surface area (Å²) in [5, 5.41) is 20.1. The van der Waals surface area contributed by atoms with Crippen molar-refractivity contribution in [3.8, 4) is 0 Å². The van der Waals surface area contributed by atoms with Gasteiger partial charge < -0.3 is 26.4 Å². The molecule has 0 spiro atoms. The van der Waals surface area contributed by atoms with Gasteiger partial charge in [-0.05, 0) is 13.0 Å². The molecule has 0 amide bonds. The van der Waals surface area contributed by atoms with E-state index >= 15 is 0 Å². The molecule has 1 aliphatic rings. The van der Waals surface area contributed by atoms with Crippen LogP contribution in [-0.2, 0) is 4.74 Å². The van der Waals surface area contributed by atoms with Crippen LogP contribution in [0.25, 0.3) is 11.2 Å². The molecule has 9 nitrogen and oxygen atoms in total. The van der Waals surface area contributed by atoms with E-state index in [4.69, 9.17) is 16.2 Å². The van der Waals surface area contributed by atoms with Crippen LogP contribution < -0.4 is 11.5 Å². The Labute approximate surface area is 114 Å². The first kappa shape index (κ1) is 13.2. The van der Waals surface area contributed by atoms with E-state index in [1.165, 1.54) is 17.2 Å². The zero-order chi connectivity index (χ0) is 14.3. The van der Waals surface area contributed by atoms with Gasteiger partial charge in [-0.3, -0.25) is 4.57 Å². The van der Waals surface area contributed by atoms with Gasteiger partial charge in [0, 0.05) is 0 Å². The molecule has 1 aliphatic heterocycles. The molecule has 4 atom stereocenters. The normalized spacial score (nSPS) is 30.1. The Morgan fingerprint density at radius 3 is 2.80 bits per heavy atom. The Bertz CT molecular complexity index is 617. The maximum Gasteiger partial charge on any atom is 0.167 e. The van der Waals surface area contributed by atoms with Crippen molar-refractivity contribution in [2.75, 3.05) is 12.3 Å². The Kier molecular flexibility index (Phi) is 3.26. The molecule has 1 fully saturated rings. The van der Waals surface area contributed by atoms with Crippen molar-refractivity contribution in [1.29, 1.82) is 0 Å². The molecule has 1 saturated heterocycles. The lowest BCUT2D eigenvalue weighted by molar-refractivity contribution is -0.0361. The predicted molar refractivity (Wildman–Crippen MR) is 69.3 cm³/mol. The number of aromatic nitrogens is 4. The smallest absolute Gasteiger partial charge is 0.167 e. The van der Waals surface area contributed by atoms with Gasteiger partial charge in [-0.1, -0.05) is 0 Å². The van der Waals surface area contributed by atoms with Crippen LogP contribution in [0.2, 0.25) is 0 Å². The molecule has 2 aromatic rings. The van der Waals surface area contributed by atoms with Crippen LogP contribution in [0.5, 0.6) is 0 Å². The molecule has 6 N–H and O–H groups in total. The highest BCUT2D eigenvalue weighted by molar-refractivity contribution is 5.81. The Hall–Kier alpha value is -1.81. The fourth-order valence-corrected chi connectivity index (χ4v) is 2.42. The number of imidazole rings is 1. The third-order valence-corrected chi connectivity index (χ3v) is 3.45. The molecule has 0 unspecified atom stereocenters. The van der Waals surface area contributed by atoms with Gasteiger partial charge in [-0.25, -0.2) is 15.0 Å². The number of nitrogens with zero attached hydrogens (tertiary/aromatic N) is 4. The lowest BCUT2D eigenvalue weighted by Crippen LogP contribution is -2.32. The monoisotopic (exact) mass is 280 g/mol. The fraction of sp³-hybridized carbons (Fsp3) is 0.545. The van der Waals surface area contributed by atoms with E-state index in [1.54, 1.807) is 0 Å². The summed E-state index contributed by atoms with van der Waals surface area (Å²) in [6.45, 7) is 0.362. The number of rotatable bonds is 3. The summed E-state index contributed by atoms with van der Waals surface area (Å²) in [6.07, 6.45) is -0.150. The second-order valence-electron chi connectivity index (χ2n) is 4.71. The highest BCUT2D eigenvalue weighted by atomic mass is 16.6. The minimum Gasteiger partial charge on any atom is -0.388 e. The summed E-state index contributed by atoms with van der Waals surface area (Å²) in [7, 11) is 0. The molecule has 3 rings (SSSR count). The first-order valence-electron chi connectivity index (χ1n) is 6.28. The number of aliphatic hydroxyl groups is 2. The Morgan fingerprint density at radius 2 is 2.05 bits per heavy atom. The Balaban J connectivity index is 1.97. The molecule has 0 aromatic carbocycles. The van der Waals surface area contributed by atoms with Crippen molar-refractivity contribution < 1.29 is 14.9 Å². The van der Waals surface area contributed by atoms with Crippen LogP contribution in [0.15, 0.2) is 12.7 Å². The summed E-state index contributed by atoms with van der Waals surface area (Å²) in [5.74, 6) is 0.250. The largest absolute Gasteiger partial charge is 0.388 e. The first-order valence-corrected chi connectivity index (χ1v) is 6.28. The number of aliphatic hydroxyl groups excluding tert-OH is 2. The van der Waals surface area contributed by atoms with Crippen LogP contribution in [0.4, 0.5) is 5.82 Å². The van der Waals surface area contributed by atoms with Crippen molar-refractivity contribution in [1.82, 2.24) is 19.5 Å². The molecule has 9 heteroatoms. The van der Waals surface area contributed by atoms with Crippen LogP contribution in [0.3, 0.4) is 0 Å². The minimum absolute atomic E-state index is 0.250. The number of hydrogen-bond donors (Lipinski definition) is 4. The lowest BCUT2D eigenvalue weighted by Gasteiger charge is -2.16. The van der Waals surface area contributed by atoms with Crippen LogP contribution in [0.1, 0.15) is 12.6 Å². The minimum atomic E-state index is -1.08. The average molecular weight is 280 g/mol. The van der Waals surface area contributed by atoms with E-state index in [0.29, 0.717) is 24.1 Å². The fourth-order valence-electron chi connectivity index (χ4n) is 2.42. The van der Waals surface area contributed by atoms with Crippen molar-refractivity contribution in [3.05, 3.63) is 12.7 Å². The number of fused-ring (bicyclic) bond motifs is 1. The number of nitrogens with two attached hydrogens (primary N) is 2. The molecule has 0 bridgehead atoms. The van der Waals surface area contributed by atoms with Crippen molar-refractivity contribution in [3.63, 3.8) is 0 Å². The third-order valence-electron chi connectivity index (χ3n) is 3.45. The first-order chi connectivity index (χ1) is 9.63. The summed E-state index contributed by atoms with van der Waals surface area (Å²) in [6, 6.07) is 0. The number of ether oxygens (including phenoxy) is 1. The van der Waals surface area contributed by atoms with Crippen LogP contribution >= 0.6 is 0 Å². The molecular weight excluding hydrogens is 264 g/mol. The van der Waals surface area contributed by atoms with Gasteiger partial charge in [0.05, 0.1) is 12.4 Å². The quantitative estimate of drug-likeness (QED) is 0.524. The number of hydrogen-bond acceptors (Lipinski definition) is 8. The molecule has 0 radical (unpaired) electrons. The van der Waals surface area contributed by atoms with Crippen molar-refractivity contribution in [2.24, 2.45) is 5.73 Å². The molecule has 3 heterocycles. The average Bonchev–Trinajstić information content (AvgIpc) is 2.97. The summed E-state index contributed by atoms with van der Waals surface area (Å²) in [4.78, 5) is 12.0. The SMILES string of the molecule is NCC[C@H]1O[C@@H](n2cnc3c(N)ncnc32)[C@H](O)[C@@H]1O. The highest BCUT2D eigenvalue weighted by Gasteiger charge is 2.43. The number of anilines is 1. The maximum absolute atomic E-state index is 10.1. The van der Waals surface area contributed by atoms with Gasteiger partial charge in [0.1, 0.15) is 24.1 Å². The summed E-state index contributed by atoms with van der Waals surface area (Å²) < 4.78 is 7.20. The van der Waals surface area contributed by atoms with Crippen molar-refractivity contribution >= 4 is 17.0 Å². The highest BCUT2D eigenvalue weighted by Crippen LogP contribution is 2.32. The van der Waals surface area contributed by atoms with Gasteiger partial charge in [0.2, 0.25) is 0 Å². The van der Waals surface area contributed by atoms with Gasteiger partial charge >= 0.3 is 0 Å². The summed E-state index contributed by atoms with van der Waals surface area (Å²) >= 11 is 0. The van der Waals surface area contributed by atoms with E-state index in [2.05, 4.69) is 15.0 Å². The van der Waals surface area contributed by atoms with E-state index in [-0.39, 0.29) is 5.82 Å². The van der Waals surface area contributed by atoms with Gasteiger partial charge in [0.15, 0.2) is 17.7 Å². The van der Waals surface area contributed by atoms with E-state index in [1.807, 2.05) is 0 Å². The topological polar surface area (TPSA) is 145 Å². The van der Waals surface area contributed by atoms with Gasteiger partial charge in [0.25, 0.3) is 0 Å². The molecule has 0 aliphatic carbocycles. The second kappa shape index (κ2) is 4.94. The maximum atomic E-state index is 10.1. The predicted octanol–water partition coefficient (Wildman–Crippen LogP) is -1.62. The third kappa shape index (κ3) is 1.91. The molecular formula is C11H16N6O3. The van der Waals surface area contributed by atoms with Crippen LogP contribution in [0, 0.1) is 0 Å². The standard InChI is InChI=1S/C11H16N6O3/c12-2-1-5-7(18)8(19)11(20-5)17-4-16-6-9(13)14-3-15-10(6)17/h3-5,7-8,11,18-19H,1-2,12H2,(H2,13,14,15)/t5-,7-,8-,11-/m1/s1. The lowest BCUT2D eigenvalue weighted by atomic mass is 10.1. The van der Waals surface area contributed by atoms with Gasteiger partial charge in [-0.15, -0.1) is 0 Å². The zero-order valence-electron chi connectivity index (χ0n) is 10.6. The second-order valence-corrected chi connectivity index (χ2v) is 4.71. The summed E-state index contributed by atoms with van der Waals surface area (Å²) in [5.41, 5.74) is 12.0. The van der Waals surface area contributed by atoms with Crippen molar-refractivity contribution in [2.45, 2.75) is 31.0 Å². The van der Waals surface area contributed by atoms with Gasteiger partial charge in [-0.2, -0.15) is 0 Å². The zero-order valence-corrected chi connectivity index (χ0v) is 10.6. The van der Waals surface area contributed by atoms with E-state index in [9.17, 15) is 10.2 Å². The van der Waals surface area contributed by atoms with Crippen LogP contribution in [-0.4, -0.2) is 54.6 Å². The molecule has 2 aromatic heterocycles. The van der Waals surface area contributed by atoms with E-state index < -0.39 is 24.5 Å².